The zero-order valence-electron chi connectivity index (χ0n) is 17.5. The number of aliphatic hydroxyl groups is 1. The molecule has 0 amide bonds. The van der Waals surface area contributed by atoms with Crippen LogP contribution < -0.4 is 5.73 Å². The minimum Gasteiger partial charge on any atom is -0.389 e. The lowest BCUT2D eigenvalue weighted by Crippen LogP contribution is -2.65. The van der Waals surface area contributed by atoms with Crippen molar-refractivity contribution in [3.05, 3.63) is 0 Å². The normalized spacial score (nSPS) is 52.2. The van der Waals surface area contributed by atoms with E-state index < -0.39 is 5.60 Å². The fourth-order valence-corrected chi connectivity index (χ4v) is 9.21. The van der Waals surface area contributed by atoms with Crippen molar-refractivity contribution in [3.8, 4) is 0 Å². The Morgan fingerprint density at radius 2 is 1.96 bits per heavy atom. The van der Waals surface area contributed by atoms with Gasteiger partial charge in [-0.15, -0.1) is 0 Å². The van der Waals surface area contributed by atoms with Crippen LogP contribution in [0.3, 0.4) is 0 Å². The smallest absolute Gasteiger partial charge is 0.139 e. The van der Waals surface area contributed by atoms with Crippen molar-refractivity contribution >= 4 is 17.5 Å². The van der Waals surface area contributed by atoms with E-state index in [1.807, 2.05) is 11.8 Å². The molecule has 0 spiro atoms. The Bertz CT molecular complexity index is 597. The maximum atomic E-state index is 12.6. The molecular formula is C23H39NO2S. The van der Waals surface area contributed by atoms with Crippen LogP contribution in [0.5, 0.6) is 0 Å². The molecule has 3 nitrogen and oxygen atoms in total. The second-order valence-corrected chi connectivity index (χ2v) is 12.1. The molecule has 4 heteroatoms. The summed E-state index contributed by atoms with van der Waals surface area (Å²) in [7, 11) is 0. The van der Waals surface area contributed by atoms with E-state index >= 15 is 0 Å². The molecule has 0 saturated heterocycles. The summed E-state index contributed by atoms with van der Waals surface area (Å²) >= 11 is 2.04. The number of fused-ring (bicyclic) bond motifs is 5. The maximum absolute atomic E-state index is 12.6. The molecule has 4 aliphatic carbocycles. The third kappa shape index (κ3) is 2.87. The first-order valence-electron chi connectivity index (χ1n) is 11.3. The van der Waals surface area contributed by atoms with E-state index in [2.05, 4.69) is 20.8 Å². The fourth-order valence-electron chi connectivity index (χ4n) is 7.89. The van der Waals surface area contributed by atoms with Crippen molar-refractivity contribution < 1.29 is 9.90 Å². The van der Waals surface area contributed by atoms with E-state index in [1.165, 1.54) is 6.42 Å². The summed E-state index contributed by atoms with van der Waals surface area (Å²) in [4.78, 5) is 12.6. The van der Waals surface area contributed by atoms with Crippen LogP contribution in [0.2, 0.25) is 0 Å². The Morgan fingerprint density at radius 1 is 1.19 bits per heavy atom. The van der Waals surface area contributed by atoms with Crippen molar-refractivity contribution in [2.75, 3.05) is 12.3 Å². The number of rotatable bonds is 4. The number of ketones is 1. The summed E-state index contributed by atoms with van der Waals surface area (Å²) in [5, 5.41) is 12.6. The van der Waals surface area contributed by atoms with Gasteiger partial charge in [0.05, 0.1) is 5.60 Å². The number of nitrogens with two attached hydrogens (primary N) is 1. The zero-order chi connectivity index (χ0) is 19.4. The highest BCUT2D eigenvalue weighted by Crippen LogP contribution is 2.68. The highest BCUT2D eigenvalue weighted by Gasteiger charge is 2.66. The molecule has 4 saturated carbocycles. The molecule has 0 heterocycles. The molecule has 27 heavy (non-hydrogen) atoms. The van der Waals surface area contributed by atoms with Crippen LogP contribution in [0.25, 0.3) is 0 Å². The number of carbonyl (C=O) groups excluding carboxylic acids is 1. The first kappa shape index (κ1) is 20.2. The highest BCUT2D eigenvalue weighted by atomic mass is 32.2. The third-order valence-corrected chi connectivity index (χ3v) is 11.0. The predicted molar refractivity (Wildman–Crippen MR) is 113 cm³/mol. The summed E-state index contributed by atoms with van der Waals surface area (Å²) in [6, 6.07) is 0. The van der Waals surface area contributed by atoms with E-state index in [1.54, 1.807) is 0 Å². The fraction of sp³-hybridized carbons (Fsp3) is 0.957. The average Bonchev–Trinajstić information content (AvgIpc) is 2.93. The molecule has 4 aliphatic rings. The van der Waals surface area contributed by atoms with Gasteiger partial charge in [-0.1, -0.05) is 20.8 Å². The lowest BCUT2D eigenvalue weighted by Gasteiger charge is -2.65. The lowest BCUT2D eigenvalue weighted by atomic mass is 9.41. The van der Waals surface area contributed by atoms with Crippen LogP contribution in [0.1, 0.15) is 78.6 Å². The van der Waals surface area contributed by atoms with Crippen LogP contribution in [-0.2, 0) is 4.79 Å². The maximum Gasteiger partial charge on any atom is 0.139 e. The molecule has 4 fully saturated rings. The van der Waals surface area contributed by atoms with Gasteiger partial charge in [0.1, 0.15) is 5.78 Å². The molecule has 3 N–H and O–H groups in total. The summed E-state index contributed by atoms with van der Waals surface area (Å²) in [5.41, 5.74) is 5.08. The number of hydrogen-bond donors (Lipinski definition) is 2. The van der Waals surface area contributed by atoms with Crippen LogP contribution in [-0.4, -0.2) is 34.0 Å². The van der Waals surface area contributed by atoms with Gasteiger partial charge in [0.2, 0.25) is 0 Å². The van der Waals surface area contributed by atoms with Gasteiger partial charge in [0, 0.05) is 17.1 Å². The van der Waals surface area contributed by atoms with Crippen LogP contribution in [0.15, 0.2) is 0 Å². The van der Waals surface area contributed by atoms with Gasteiger partial charge in [-0.05, 0) is 92.8 Å². The van der Waals surface area contributed by atoms with Gasteiger partial charge < -0.3 is 10.8 Å². The standard InChI is InChI=1S/C23H39NO2S/c1-15-13-17-18-5-6-20(25)21(18,2)9-8-19(17)22(3)10-7-16(14-23(15,22)26)27-12-4-11-24/h15-19,26H,4-14,24H2,1-3H3/t15-,16+,17-,18-,19-,21-,22+,23-/m0/s1. The predicted octanol–water partition coefficient (Wildman–Crippen LogP) is 4.41. The Morgan fingerprint density at radius 3 is 2.70 bits per heavy atom. The topological polar surface area (TPSA) is 63.3 Å². The van der Waals surface area contributed by atoms with Crippen molar-refractivity contribution in [2.24, 2.45) is 40.2 Å². The first-order valence-corrected chi connectivity index (χ1v) is 12.4. The Kier molecular flexibility index (Phi) is 5.26. The molecule has 4 rings (SSSR count). The second kappa shape index (κ2) is 7.02. The van der Waals surface area contributed by atoms with Gasteiger partial charge in [-0.3, -0.25) is 4.79 Å². The number of carbonyl (C=O) groups is 1. The van der Waals surface area contributed by atoms with Crippen molar-refractivity contribution in [1.82, 2.24) is 0 Å². The quantitative estimate of drug-likeness (QED) is 0.695. The van der Waals surface area contributed by atoms with Crippen molar-refractivity contribution in [1.29, 1.82) is 0 Å². The number of hydrogen-bond acceptors (Lipinski definition) is 4. The van der Waals surface area contributed by atoms with Gasteiger partial charge in [-0.25, -0.2) is 0 Å². The van der Waals surface area contributed by atoms with E-state index in [0.717, 1.165) is 63.7 Å². The molecule has 0 aromatic carbocycles. The summed E-state index contributed by atoms with van der Waals surface area (Å²) in [6.07, 6.45) is 9.58. The Hall–Kier alpha value is -0.0600. The van der Waals surface area contributed by atoms with Gasteiger partial charge >= 0.3 is 0 Å². The molecule has 0 aromatic heterocycles. The van der Waals surface area contributed by atoms with E-state index in [9.17, 15) is 9.90 Å². The third-order valence-electron chi connectivity index (χ3n) is 9.62. The molecule has 0 aliphatic heterocycles. The van der Waals surface area contributed by atoms with Crippen LogP contribution in [0.4, 0.5) is 0 Å². The number of Topliss-reactive ketones (excluding diaryl/α,β-unsaturated/α-hetero) is 1. The summed E-state index contributed by atoms with van der Waals surface area (Å²) in [6.45, 7) is 7.72. The van der Waals surface area contributed by atoms with Crippen molar-refractivity contribution in [2.45, 2.75) is 89.4 Å². The van der Waals surface area contributed by atoms with Crippen LogP contribution in [0, 0.1) is 34.5 Å². The summed E-state index contributed by atoms with van der Waals surface area (Å²) in [5.74, 6) is 3.76. The van der Waals surface area contributed by atoms with E-state index in [0.29, 0.717) is 34.7 Å². The first-order chi connectivity index (χ1) is 12.8. The molecule has 154 valence electrons. The molecule has 8 atom stereocenters. The summed E-state index contributed by atoms with van der Waals surface area (Å²) < 4.78 is 0. The minimum atomic E-state index is -0.539. The molecule has 0 bridgehead atoms. The number of thioether (sulfide) groups is 1. The largest absolute Gasteiger partial charge is 0.389 e. The van der Waals surface area contributed by atoms with Gasteiger partial charge in [0.25, 0.3) is 0 Å². The van der Waals surface area contributed by atoms with Crippen molar-refractivity contribution in [3.63, 3.8) is 0 Å². The average molecular weight is 394 g/mol. The molecular weight excluding hydrogens is 354 g/mol. The van der Waals surface area contributed by atoms with Gasteiger partial charge in [0.15, 0.2) is 0 Å². The van der Waals surface area contributed by atoms with Gasteiger partial charge in [-0.2, -0.15) is 11.8 Å². The molecule has 0 aromatic rings. The zero-order valence-corrected chi connectivity index (χ0v) is 18.3. The second-order valence-electron chi connectivity index (χ2n) is 10.7. The Labute approximate surface area is 169 Å². The minimum absolute atomic E-state index is 0.0211. The van der Waals surface area contributed by atoms with E-state index in [4.69, 9.17) is 5.73 Å². The monoisotopic (exact) mass is 393 g/mol. The molecule has 0 unspecified atom stereocenters. The SMILES string of the molecule is C[C@H]1C[C@H]2[C@@H]3CCC(=O)[C@@]3(C)CC[C@@H]2[C@@]2(C)CC[C@@H](SCCCN)C[C@]12O. The lowest BCUT2D eigenvalue weighted by molar-refractivity contribution is -0.226. The highest BCUT2D eigenvalue weighted by molar-refractivity contribution is 7.99. The van der Waals surface area contributed by atoms with E-state index in [-0.39, 0.29) is 10.8 Å². The Balaban J connectivity index is 1.57. The molecule has 0 radical (unpaired) electrons. The van der Waals surface area contributed by atoms with Crippen LogP contribution >= 0.6 is 11.8 Å².